The fraction of sp³-hybridized carbons (Fsp3) is 0.155. The molecule has 15 aromatic rings. The van der Waals surface area contributed by atoms with Crippen LogP contribution in [0.3, 0.4) is 0 Å². The molecule has 18 nitrogen and oxygen atoms in total. The lowest BCUT2D eigenvalue weighted by Crippen LogP contribution is -2.42. The number of hydrogen-bond donors (Lipinski definition) is 5. The van der Waals surface area contributed by atoms with Crippen LogP contribution >= 0.6 is 58.5 Å². The molecular formula is C116H90Cl2F11N3O15S3. The van der Waals surface area contributed by atoms with Crippen LogP contribution in [0.15, 0.2) is 367 Å². The Labute approximate surface area is 876 Å². The van der Waals surface area contributed by atoms with Gasteiger partial charge in [0.1, 0.15) is 36.3 Å². The molecule has 768 valence electrons. The zero-order valence-electron chi connectivity index (χ0n) is 79.0. The minimum atomic E-state index is -4.69. The monoisotopic (exact) mass is 2140 g/mol. The average molecular weight is 2140 g/mol. The van der Waals surface area contributed by atoms with Crippen molar-refractivity contribution >= 4 is 123 Å². The molecule has 0 aliphatic carbocycles. The van der Waals surface area contributed by atoms with Crippen molar-refractivity contribution in [2.45, 2.75) is 127 Å². The van der Waals surface area contributed by atoms with E-state index in [1.54, 1.807) is 103 Å². The second-order valence-corrected chi connectivity index (χ2v) is 38.9. The van der Waals surface area contributed by atoms with Crippen LogP contribution in [0.1, 0.15) is 135 Å². The second-order valence-electron chi connectivity index (χ2n) is 34.4. The van der Waals surface area contributed by atoms with Gasteiger partial charge >= 0.3 is 48.4 Å². The number of amides is 3. The largest absolute Gasteiger partial charge is 0.489 e. The molecular weight excluding hydrogens is 2050 g/mol. The van der Waals surface area contributed by atoms with Crippen molar-refractivity contribution in [1.82, 2.24) is 0 Å². The summed E-state index contributed by atoms with van der Waals surface area (Å²) < 4.78 is 161. The van der Waals surface area contributed by atoms with Crippen molar-refractivity contribution in [3.63, 3.8) is 0 Å². The zero-order valence-corrected chi connectivity index (χ0v) is 83.0. The van der Waals surface area contributed by atoms with E-state index < -0.39 is 111 Å². The number of carbonyl (C=O) groups is 8. The number of thioether (sulfide) groups is 3. The number of aryl methyl sites for hydroxylation is 4. The highest BCUT2D eigenvalue weighted by atomic mass is 35.5. The van der Waals surface area contributed by atoms with E-state index in [-0.39, 0.29) is 71.6 Å². The highest BCUT2D eigenvalue weighted by Gasteiger charge is 2.43. The third-order valence-electron chi connectivity index (χ3n) is 24.1. The van der Waals surface area contributed by atoms with Crippen LogP contribution in [0.2, 0.25) is 10.0 Å². The minimum absolute atomic E-state index is 0.0132. The number of carboxylic acids is 5. The van der Waals surface area contributed by atoms with Crippen LogP contribution in [0.5, 0.6) is 11.5 Å². The van der Waals surface area contributed by atoms with E-state index >= 15 is 0 Å². The topological polar surface area (TPSA) is 266 Å². The van der Waals surface area contributed by atoms with Crippen molar-refractivity contribution in [3.05, 3.63) is 485 Å². The van der Waals surface area contributed by atoms with Crippen LogP contribution in [-0.2, 0) is 111 Å². The van der Waals surface area contributed by atoms with Gasteiger partial charge in [-0.3, -0.25) is 14.4 Å². The molecule has 150 heavy (non-hydrogen) atoms. The highest BCUT2D eigenvalue weighted by Crippen LogP contribution is 2.49. The Morgan fingerprint density at radius 3 is 1.08 bits per heavy atom. The van der Waals surface area contributed by atoms with Crippen LogP contribution in [0.4, 0.5) is 65.4 Å². The maximum Gasteiger partial charge on any atom is 0.416 e. The number of fused-ring (bicyclic) bond motifs is 3. The molecule has 0 saturated heterocycles. The van der Waals surface area contributed by atoms with Gasteiger partial charge in [-0.15, -0.1) is 35.3 Å². The van der Waals surface area contributed by atoms with E-state index in [9.17, 15) is 86.7 Å². The lowest BCUT2D eigenvalue weighted by molar-refractivity contribution is -0.139. The Bertz CT molecular complexity index is 7350. The number of carbonyl (C=O) groups excluding carboxylic acids is 3. The number of rotatable bonds is 29. The van der Waals surface area contributed by atoms with Gasteiger partial charge in [0, 0.05) is 14.8 Å². The number of hydrogen-bond acceptors (Lipinski definition) is 13. The Morgan fingerprint density at radius 2 is 0.633 bits per heavy atom. The first-order valence-corrected chi connectivity index (χ1v) is 49.7. The molecule has 18 rings (SSSR count). The molecule has 3 aliphatic rings. The fourth-order valence-electron chi connectivity index (χ4n) is 16.5. The Kier molecular flexibility index (Phi) is 37.1. The second kappa shape index (κ2) is 50.5. The molecule has 0 saturated carbocycles. The van der Waals surface area contributed by atoms with Gasteiger partial charge in [0.15, 0.2) is 0 Å². The third-order valence-corrected chi connectivity index (χ3v) is 28.6. The van der Waals surface area contributed by atoms with Gasteiger partial charge in [0.05, 0.1) is 107 Å². The smallest absolute Gasteiger partial charge is 0.416 e. The van der Waals surface area contributed by atoms with E-state index in [0.717, 1.165) is 112 Å². The van der Waals surface area contributed by atoms with Gasteiger partial charge in [-0.25, -0.2) is 32.8 Å². The number of nitrogens with zero attached hydrogens (tertiary/aromatic N) is 3. The number of ether oxygens (including phenoxy) is 2. The molecule has 3 heterocycles. The molecule has 15 aromatic carbocycles. The van der Waals surface area contributed by atoms with Crippen molar-refractivity contribution < 1.29 is 122 Å². The van der Waals surface area contributed by atoms with Crippen molar-refractivity contribution in [2.24, 2.45) is 0 Å². The Hall–Kier alpha value is -15.5. The molecule has 0 aromatic heterocycles. The van der Waals surface area contributed by atoms with Gasteiger partial charge in [-0.1, -0.05) is 217 Å². The van der Waals surface area contributed by atoms with E-state index in [1.165, 1.54) is 129 Å². The molecule has 3 atom stereocenters. The Morgan fingerprint density at radius 1 is 0.293 bits per heavy atom. The first-order chi connectivity index (χ1) is 71.7. The molecule has 3 unspecified atom stereocenters. The van der Waals surface area contributed by atoms with E-state index in [0.29, 0.717) is 83.3 Å². The maximum absolute atomic E-state index is 13.9. The normalized spacial score (nSPS) is 14.1. The molecule has 3 aliphatic heterocycles. The summed E-state index contributed by atoms with van der Waals surface area (Å²) in [6.07, 6.45) is -9.87. The molecule has 0 bridgehead atoms. The predicted octanol–water partition coefficient (Wildman–Crippen LogP) is 28.0. The van der Waals surface area contributed by atoms with E-state index in [1.807, 2.05) is 121 Å². The standard InChI is InChI=1S/C24H17ClF3NO3S.2C24H17F4NO3S.C22H19ClO3.C22H20O3/c25-18-6-3-7-19-21(18)33-20(12-14-8-10-15(11-9-14)23(31)32)22(30)29(19)13-16-4-1-2-5-17(16)24(26,27)28;25-17-9-10-18(24(26,27)28)16(12-17)13-29-19-3-1-2-4-20(19)33-21(22(29)30)11-14-5-7-15(8-6-14)23(31)32;25-17-9-10-19-20(12-17)33-21(11-14-5-7-15(8-6-14)23(31)32)22(30)29(19)13-16-3-1-2-4-18(16)24(26,27)28;23-20-12-13-21(26-15-17-4-2-1-3-5-17)19(14-20)11-8-16-6-9-18(10-7-16)22(24)25;23-22(24)20-14-11-17(12-15-20)10-13-19-8-4-5-9-21(19)25-16-18-6-2-1-3-7-18/h1-11,20H,12-13H2,(H,31,32);2*1-10,12,21H,11,13H2,(H,31,32);1-7,9-10,12-14H,8,11,15H2,(H,24,25);1-9,11-12,14-15H,10,13,16H2,(H,23,24). The first kappa shape index (κ1) is 110. The third kappa shape index (κ3) is 29.8. The number of anilines is 3. The molecule has 5 N–H and O–H groups in total. The summed E-state index contributed by atoms with van der Waals surface area (Å²) in [7, 11) is 0. The van der Waals surface area contributed by atoms with Gasteiger partial charge < -0.3 is 49.7 Å². The number of alkyl halides is 9. The Balaban J connectivity index is 0.000000148. The summed E-state index contributed by atoms with van der Waals surface area (Å²) in [5.41, 5.74) is 7.95. The zero-order chi connectivity index (χ0) is 107. The molecule has 0 spiro atoms. The van der Waals surface area contributed by atoms with Gasteiger partial charge in [-0.05, 0) is 269 Å². The number of halogens is 13. The fourth-order valence-corrected chi connectivity index (χ4v) is 20.8. The highest BCUT2D eigenvalue weighted by molar-refractivity contribution is 8.01. The van der Waals surface area contributed by atoms with Crippen LogP contribution in [-0.4, -0.2) is 88.9 Å². The average Bonchev–Trinajstić information content (AvgIpc) is 0.775. The first-order valence-electron chi connectivity index (χ1n) is 46.3. The molecule has 0 radical (unpaired) electrons. The lowest BCUT2D eigenvalue weighted by Gasteiger charge is -2.35. The summed E-state index contributed by atoms with van der Waals surface area (Å²) in [6.45, 7) is 0.0461. The maximum atomic E-state index is 13.9. The van der Waals surface area contributed by atoms with Crippen molar-refractivity contribution in [3.8, 4) is 11.5 Å². The van der Waals surface area contributed by atoms with Gasteiger partial charge in [0.25, 0.3) is 0 Å². The van der Waals surface area contributed by atoms with Crippen LogP contribution in [0, 0.1) is 11.6 Å². The van der Waals surface area contributed by atoms with Crippen molar-refractivity contribution in [2.75, 3.05) is 14.7 Å². The lowest BCUT2D eigenvalue weighted by atomic mass is 10.0. The van der Waals surface area contributed by atoms with Crippen molar-refractivity contribution in [1.29, 1.82) is 0 Å². The summed E-state index contributed by atoms with van der Waals surface area (Å²) in [4.78, 5) is 101. The summed E-state index contributed by atoms with van der Waals surface area (Å²) in [5.74, 6) is -5.78. The number of benzene rings is 15. The van der Waals surface area contributed by atoms with E-state index in [2.05, 4.69) is 6.07 Å². The van der Waals surface area contributed by atoms with E-state index in [4.69, 9.17) is 58.2 Å². The summed E-state index contributed by atoms with van der Waals surface area (Å²) in [5, 5.41) is 44.2. The summed E-state index contributed by atoms with van der Waals surface area (Å²) >= 11 is 16.2. The predicted molar refractivity (Wildman–Crippen MR) is 553 cm³/mol. The number of carboxylic acid groups (broad SMARTS) is 5. The molecule has 0 fully saturated rings. The quantitative estimate of drug-likeness (QED) is 0.0273. The number of aromatic carboxylic acids is 5. The number of para-hydroxylation sites is 2. The molecule has 3 amide bonds. The summed E-state index contributed by atoms with van der Waals surface area (Å²) in [6, 6.07) is 94.2. The SMILES string of the molecule is O=C(O)c1ccc(CC2Sc3c(Cl)cccc3N(Cc3ccccc3C(F)(F)F)C2=O)cc1.O=C(O)c1ccc(CC2Sc3cc(F)ccc3N(Cc3ccccc3C(F)(F)F)C2=O)cc1.O=C(O)c1ccc(CC2Sc3ccccc3N(Cc3cc(F)ccc3C(F)(F)F)C2=O)cc1.O=C(O)c1ccc(CCc2cc(Cl)ccc2OCc2ccccc2)cc1.O=C(O)c1ccc(CCc2ccccc2OCc2ccccc2)cc1. The van der Waals surface area contributed by atoms with Crippen LogP contribution < -0.4 is 24.2 Å². The minimum Gasteiger partial charge on any atom is -0.489 e. The van der Waals surface area contributed by atoms with Crippen LogP contribution in [0.25, 0.3) is 0 Å². The van der Waals surface area contributed by atoms with Gasteiger partial charge in [0.2, 0.25) is 17.7 Å². The van der Waals surface area contributed by atoms with Gasteiger partial charge in [-0.2, -0.15) is 39.5 Å². The molecule has 34 heteroatoms.